The number of hydrogen-bond acceptors (Lipinski definition) is 3. The summed E-state index contributed by atoms with van der Waals surface area (Å²) in [6.45, 7) is 0.411. The van der Waals surface area contributed by atoms with Crippen molar-refractivity contribution < 1.29 is 14.6 Å². The molecule has 5 rings (SSSR count). The normalized spacial score (nSPS) is 14.5. The number of benzene rings is 4. The minimum atomic E-state index is -0.674. The summed E-state index contributed by atoms with van der Waals surface area (Å²) in [7, 11) is 0. The second-order valence-corrected chi connectivity index (χ2v) is 6.60. The van der Waals surface area contributed by atoms with Crippen LogP contribution in [0.25, 0.3) is 32.7 Å². The van der Waals surface area contributed by atoms with Gasteiger partial charge < -0.3 is 14.6 Å². The first-order valence-corrected chi connectivity index (χ1v) is 8.79. The average Bonchev–Trinajstić information content (AvgIpc) is 2.76. The maximum absolute atomic E-state index is 10.2. The zero-order chi connectivity index (χ0) is 17.5. The van der Waals surface area contributed by atoms with Crippen molar-refractivity contribution in [1.29, 1.82) is 0 Å². The van der Waals surface area contributed by atoms with E-state index in [1.165, 1.54) is 0 Å². The Hall–Kier alpha value is -3.04. The zero-order valence-electron chi connectivity index (χ0n) is 14.2. The molecule has 0 spiro atoms. The van der Waals surface area contributed by atoms with E-state index in [-0.39, 0.29) is 13.2 Å². The molecule has 1 aliphatic heterocycles. The van der Waals surface area contributed by atoms with Crippen LogP contribution in [0, 0.1) is 0 Å². The van der Waals surface area contributed by atoms with E-state index in [1.54, 1.807) is 0 Å². The van der Waals surface area contributed by atoms with Crippen molar-refractivity contribution in [2.24, 2.45) is 0 Å². The SMILES string of the molecule is OC1COc2ccc3ccccc3c2-c2c(ccc3ccccc23)OC1. The maximum atomic E-state index is 10.2. The second kappa shape index (κ2) is 6.04. The summed E-state index contributed by atoms with van der Waals surface area (Å²) in [5.41, 5.74) is 2.04. The van der Waals surface area contributed by atoms with Gasteiger partial charge in [-0.3, -0.25) is 0 Å². The fourth-order valence-electron chi connectivity index (χ4n) is 3.68. The van der Waals surface area contributed by atoms with Gasteiger partial charge in [-0.15, -0.1) is 0 Å². The van der Waals surface area contributed by atoms with Gasteiger partial charge in [0.1, 0.15) is 30.8 Å². The van der Waals surface area contributed by atoms with Crippen LogP contribution in [0.3, 0.4) is 0 Å². The van der Waals surface area contributed by atoms with Crippen LogP contribution in [0.1, 0.15) is 0 Å². The van der Waals surface area contributed by atoms with Crippen molar-refractivity contribution in [2.75, 3.05) is 13.2 Å². The van der Waals surface area contributed by atoms with Gasteiger partial charge in [-0.1, -0.05) is 60.7 Å². The predicted octanol–water partition coefficient (Wildman–Crippen LogP) is 4.79. The van der Waals surface area contributed by atoms with Gasteiger partial charge in [-0.25, -0.2) is 0 Å². The molecule has 0 aliphatic carbocycles. The molecule has 0 atom stereocenters. The molecule has 1 aliphatic rings. The molecule has 3 nitrogen and oxygen atoms in total. The van der Waals surface area contributed by atoms with Gasteiger partial charge in [0.2, 0.25) is 0 Å². The Balaban J connectivity index is 1.94. The van der Waals surface area contributed by atoms with E-state index >= 15 is 0 Å². The Morgan fingerprint density at radius 2 is 1.08 bits per heavy atom. The number of aliphatic hydroxyl groups excluding tert-OH is 1. The molecule has 4 aromatic carbocycles. The highest BCUT2D eigenvalue weighted by atomic mass is 16.5. The standard InChI is InChI=1S/C23H18O3/c24-17-13-25-20-11-9-15-5-1-3-7-18(15)22(20)23-19-8-4-2-6-16(19)10-12-21(23)26-14-17/h1-12,17,24H,13-14H2. The van der Waals surface area contributed by atoms with Crippen molar-refractivity contribution in [3.63, 3.8) is 0 Å². The Morgan fingerprint density at radius 1 is 0.615 bits per heavy atom. The third kappa shape index (κ3) is 2.40. The Labute approximate surface area is 151 Å². The van der Waals surface area contributed by atoms with Crippen molar-refractivity contribution in [1.82, 2.24) is 0 Å². The number of rotatable bonds is 0. The highest BCUT2D eigenvalue weighted by Gasteiger charge is 2.21. The maximum Gasteiger partial charge on any atom is 0.128 e. The van der Waals surface area contributed by atoms with Crippen LogP contribution < -0.4 is 9.47 Å². The van der Waals surface area contributed by atoms with Crippen LogP contribution in [0.2, 0.25) is 0 Å². The van der Waals surface area contributed by atoms with Crippen LogP contribution in [-0.2, 0) is 0 Å². The van der Waals surface area contributed by atoms with Gasteiger partial charge in [-0.05, 0) is 33.7 Å². The van der Waals surface area contributed by atoms with Gasteiger partial charge in [0, 0.05) is 11.1 Å². The van der Waals surface area contributed by atoms with E-state index in [0.717, 1.165) is 44.2 Å². The molecule has 0 aromatic heterocycles. The number of aliphatic hydroxyl groups is 1. The zero-order valence-corrected chi connectivity index (χ0v) is 14.2. The lowest BCUT2D eigenvalue weighted by atomic mass is 9.92. The van der Waals surface area contributed by atoms with Gasteiger partial charge in [0.15, 0.2) is 0 Å². The van der Waals surface area contributed by atoms with E-state index in [9.17, 15) is 5.11 Å². The summed E-state index contributed by atoms with van der Waals surface area (Å²) < 4.78 is 12.0. The van der Waals surface area contributed by atoms with Gasteiger partial charge in [0.25, 0.3) is 0 Å². The highest BCUT2D eigenvalue weighted by Crippen LogP contribution is 2.45. The molecule has 0 saturated carbocycles. The molecule has 0 radical (unpaired) electrons. The third-order valence-corrected chi connectivity index (χ3v) is 4.89. The van der Waals surface area contributed by atoms with Crippen LogP contribution in [-0.4, -0.2) is 24.4 Å². The van der Waals surface area contributed by atoms with Crippen LogP contribution >= 0.6 is 0 Å². The molecular weight excluding hydrogens is 324 g/mol. The number of fused-ring (bicyclic) bond motifs is 7. The van der Waals surface area contributed by atoms with E-state index in [4.69, 9.17) is 9.47 Å². The number of hydrogen-bond donors (Lipinski definition) is 1. The van der Waals surface area contributed by atoms with E-state index in [1.807, 2.05) is 36.4 Å². The first kappa shape index (κ1) is 15.2. The molecule has 0 bridgehead atoms. The van der Waals surface area contributed by atoms with Gasteiger partial charge >= 0.3 is 0 Å². The molecule has 0 fully saturated rings. The highest BCUT2D eigenvalue weighted by molar-refractivity contribution is 6.09. The molecule has 128 valence electrons. The summed E-state index contributed by atoms with van der Waals surface area (Å²) in [6, 6.07) is 24.7. The lowest BCUT2D eigenvalue weighted by Crippen LogP contribution is -2.24. The first-order chi connectivity index (χ1) is 12.8. The molecule has 1 N–H and O–H groups in total. The molecule has 4 aromatic rings. The summed E-state index contributed by atoms with van der Waals surface area (Å²) in [5.74, 6) is 1.54. The Morgan fingerprint density at radius 3 is 1.58 bits per heavy atom. The van der Waals surface area contributed by atoms with E-state index < -0.39 is 6.10 Å². The second-order valence-electron chi connectivity index (χ2n) is 6.60. The largest absolute Gasteiger partial charge is 0.490 e. The summed E-state index contributed by atoms with van der Waals surface area (Å²) in [4.78, 5) is 0. The molecule has 0 unspecified atom stereocenters. The monoisotopic (exact) mass is 342 g/mol. The van der Waals surface area contributed by atoms with Crippen molar-refractivity contribution in [3.05, 3.63) is 72.8 Å². The van der Waals surface area contributed by atoms with Crippen molar-refractivity contribution >= 4 is 21.5 Å². The van der Waals surface area contributed by atoms with Crippen molar-refractivity contribution in [3.8, 4) is 22.6 Å². The van der Waals surface area contributed by atoms with E-state index in [0.29, 0.717) is 0 Å². The first-order valence-electron chi connectivity index (χ1n) is 8.79. The fourth-order valence-corrected chi connectivity index (χ4v) is 3.68. The van der Waals surface area contributed by atoms with Gasteiger partial charge in [0.05, 0.1) is 0 Å². The lowest BCUT2D eigenvalue weighted by molar-refractivity contribution is 0.0644. The third-order valence-electron chi connectivity index (χ3n) is 4.89. The number of ether oxygens (including phenoxy) is 2. The van der Waals surface area contributed by atoms with E-state index in [2.05, 4.69) is 36.4 Å². The minimum Gasteiger partial charge on any atom is -0.490 e. The summed E-state index contributed by atoms with van der Waals surface area (Å²) in [5, 5.41) is 14.7. The molecule has 1 heterocycles. The molecule has 0 amide bonds. The predicted molar refractivity (Wildman–Crippen MR) is 104 cm³/mol. The topological polar surface area (TPSA) is 38.7 Å². The smallest absolute Gasteiger partial charge is 0.128 e. The molecular formula is C23H18O3. The molecule has 0 saturated heterocycles. The van der Waals surface area contributed by atoms with Crippen molar-refractivity contribution in [2.45, 2.75) is 6.10 Å². The summed E-state index contributed by atoms with van der Waals surface area (Å²) >= 11 is 0. The van der Waals surface area contributed by atoms with Crippen LogP contribution in [0.15, 0.2) is 72.8 Å². The average molecular weight is 342 g/mol. The Bertz CT molecular complexity index is 1030. The lowest BCUT2D eigenvalue weighted by Gasteiger charge is -2.17. The van der Waals surface area contributed by atoms with Crippen LogP contribution in [0.5, 0.6) is 11.5 Å². The Kier molecular flexibility index (Phi) is 3.54. The minimum absolute atomic E-state index is 0.206. The van der Waals surface area contributed by atoms with Gasteiger partial charge in [-0.2, -0.15) is 0 Å². The molecule has 26 heavy (non-hydrogen) atoms. The van der Waals surface area contributed by atoms with Crippen LogP contribution in [0.4, 0.5) is 0 Å². The molecule has 3 heteroatoms. The fraction of sp³-hybridized carbons (Fsp3) is 0.130. The summed E-state index contributed by atoms with van der Waals surface area (Å²) in [6.07, 6.45) is -0.674. The quantitative estimate of drug-likeness (QED) is 0.499.